The summed E-state index contributed by atoms with van der Waals surface area (Å²) in [6, 6.07) is 7.75. The highest BCUT2D eigenvalue weighted by atomic mass is 32.2. The number of hydrogen-bond acceptors (Lipinski definition) is 3. The number of benzene rings is 1. The lowest BCUT2D eigenvalue weighted by molar-refractivity contribution is 0.356. The Hall–Kier alpha value is -0.670. The van der Waals surface area contributed by atoms with Crippen molar-refractivity contribution in [3.63, 3.8) is 0 Å². The van der Waals surface area contributed by atoms with Gasteiger partial charge in [-0.15, -0.1) is 0 Å². The molecule has 19 heavy (non-hydrogen) atoms. The Labute approximate surface area is 121 Å². The second kappa shape index (κ2) is 7.20. The predicted molar refractivity (Wildman–Crippen MR) is 84.3 cm³/mol. The Balaban J connectivity index is 2.08. The summed E-state index contributed by atoms with van der Waals surface area (Å²) in [5.41, 5.74) is 2.78. The Bertz CT molecular complexity index is 408. The van der Waals surface area contributed by atoms with Crippen LogP contribution < -0.4 is 10.1 Å². The summed E-state index contributed by atoms with van der Waals surface area (Å²) < 4.78 is 5.58. The highest BCUT2D eigenvalue weighted by Crippen LogP contribution is 2.29. The summed E-state index contributed by atoms with van der Waals surface area (Å²) in [4.78, 5) is 0. The number of nitrogens with one attached hydrogen (secondary N) is 1. The molecule has 2 rings (SSSR count). The Morgan fingerprint density at radius 3 is 2.84 bits per heavy atom. The average molecular weight is 279 g/mol. The van der Waals surface area contributed by atoms with Gasteiger partial charge in [-0.05, 0) is 36.3 Å². The molecule has 0 amide bonds. The molecule has 1 aromatic rings. The zero-order valence-electron chi connectivity index (χ0n) is 12.2. The lowest BCUT2D eigenvalue weighted by Gasteiger charge is -2.24. The van der Waals surface area contributed by atoms with E-state index in [1.54, 1.807) is 0 Å². The highest BCUT2D eigenvalue weighted by molar-refractivity contribution is 7.98. The number of thioether (sulfide) groups is 1. The molecule has 0 bridgehead atoms. The van der Waals surface area contributed by atoms with Gasteiger partial charge in [0.2, 0.25) is 0 Å². The van der Waals surface area contributed by atoms with Crippen LogP contribution in [0.5, 0.6) is 5.75 Å². The topological polar surface area (TPSA) is 21.3 Å². The normalized spacial score (nSPS) is 16.8. The van der Waals surface area contributed by atoms with Gasteiger partial charge >= 0.3 is 0 Å². The second-order valence-electron chi connectivity index (χ2n) is 5.15. The van der Waals surface area contributed by atoms with Crippen molar-refractivity contribution in [3.8, 4) is 5.75 Å². The van der Waals surface area contributed by atoms with Gasteiger partial charge in [-0.25, -0.2) is 0 Å². The first-order chi connectivity index (χ1) is 9.28. The number of rotatable bonds is 7. The molecule has 0 spiro atoms. The number of ether oxygens (including phenoxy) is 1. The monoisotopic (exact) mass is 279 g/mol. The van der Waals surface area contributed by atoms with Crippen LogP contribution >= 0.6 is 11.8 Å². The van der Waals surface area contributed by atoms with E-state index in [0.717, 1.165) is 25.2 Å². The average Bonchev–Trinajstić information content (AvgIpc) is 2.90. The van der Waals surface area contributed by atoms with Crippen molar-refractivity contribution in [2.45, 2.75) is 45.2 Å². The van der Waals surface area contributed by atoms with Crippen LogP contribution in [-0.4, -0.2) is 24.7 Å². The van der Waals surface area contributed by atoms with Crippen LogP contribution in [0.25, 0.3) is 0 Å². The Morgan fingerprint density at radius 1 is 1.32 bits per heavy atom. The second-order valence-corrected chi connectivity index (χ2v) is 6.06. The van der Waals surface area contributed by atoms with Gasteiger partial charge in [0, 0.05) is 24.3 Å². The molecular weight excluding hydrogens is 254 g/mol. The first-order valence-corrected chi connectivity index (χ1v) is 8.68. The number of fused-ring (bicyclic) bond motifs is 1. The van der Waals surface area contributed by atoms with Crippen molar-refractivity contribution in [1.29, 1.82) is 0 Å². The van der Waals surface area contributed by atoms with Crippen molar-refractivity contribution in [3.05, 3.63) is 29.3 Å². The van der Waals surface area contributed by atoms with E-state index in [1.807, 2.05) is 11.8 Å². The van der Waals surface area contributed by atoms with Crippen LogP contribution in [0.2, 0.25) is 0 Å². The van der Waals surface area contributed by atoms with Crippen LogP contribution in [0.1, 0.15) is 43.9 Å². The zero-order valence-corrected chi connectivity index (χ0v) is 13.1. The molecule has 0 radical (unpaired) electrons. The summed E-state index contributed by atoms with van der Waals surface area (Å²) in [7, 11) is 0. The molecule has 0 aromatic heterocycles. The molecular formula is C16H25NOS. The molecule has 0 saturated heterocycles. The molecule has 1 heterocycles. The summed E-state index contributed by atoms with van der Waals surface area (Å²) in [6.07, 6.45) is 5.55. The third-order valence-corrected chi connectivity index (χ3v) is 4.56. The van der Waals surface area contributed by atoms with E-state index in [0.29, 0.717) is 12.1 Å². The molecule has 1 aromatic carbocycles. The number of hydrogen-bond donors (Lipinski definition) is 1. The molecule has 2 atom stereocenters. The van der Waals surface area contributed by atoms with Crippen molar-refractivity contribution >= 4 is 11.8 Å². The minimum Gasteiger partial charge on any atom is -0.493 e. The molecule has 1 N–H and O–H groups in total. The van der Waals surface area contributed by atoms with E-state index in [9.17, 15) is 0 Å². The maximum absolute atomic E-state index is 5.58. The van der Waals surface area contributed by atoms with Gasteiger partial charge in [-0.3, -0.25) is 0 Å². The van der Waals surface area contributed by atoms with E-state index in [2.05, 4.69) is 43.6 Å². The van der Waals surface area contributed by atoms with Gasteiger partial charge in [0.05, 0.1) is 6.61 Å². The smallest absolute Gasteiger partial charge is 0.122 e. The van der Waals surface area contributed by atoms with Gasteiger partial charge in [-0.2, -0.15) is 11.8 Å². The van der Waals surface area contributed by atoms with Crippen molar-refractivity contribution < 1.29 is 4.74 Å². The van der Waals surface area contributed by atoms with Crippen LogP contribution in [0.15, 0.2) is 18.2 Å². The molecule has 0 aliphatic carbocycles. The third kappa shape index (κ3) is 3.67. The minimum atomic E-state index is 0.461. The van der Waals surface area contributed by atoms with Crippen molar-refractivity contribution in [1.82, 2.24) is 5.32 Å². The lowest BCUT2D eigenvalue weighted by atomic mass is 10.00. The van der Waals surface area contributed by atoms with Gasteiger partial charge in [0.15, 0.2) is 0 Å². The van der Waals surface area contributed by atoms with Crippen LogP contribution in [0.3, 0.4) is 0 Å². The maximum Gasteiger partial charge on any atom is 0.122 e. The van der Waals surface area contributed by atoms with Crippen LogP contribution in [0.4, 0.5) is 0 Å². The largest absolute Gasteiger partial charge is 0.493 e. The van der Waals surface area contributed by atoms with E-state index in [4.69, 9.17) is 4.74 Å². The summed E-state index contributed by atoms with van der Waals surface area (Å²) >= 11 is 1.92. The first-order valence-electron chi connectivity index (χ1n) is 7.29. The molecule has 106 valence electrons. The molecule has 3 heteroatoms. The first kappa shape index (κ1) is 14.7. The fraction of sp³-hybridized carbons (Fsp3) is 0.625. The van der Waals surface area contributed by atoms with E-state index >= 15 is 0 Å². The van der Waals surface area contributed by atoms with Crippen molar-refractivity contribution in [2.24, 2.45) is 0 Å². The molecule has 0 fully saturated rings. The lowest BCUT2D eigenvalue weighted by Crippen LogP contribution is -2.34. The molecule has 2 nitrogen and oxygen atoms in total. The Morgan fingerprint density at radius 2 is 2.16 bits per heavy atom. The fourth-order valence-electron chi connectivity index (χ4n) is 2.64. The third-order valence-electron chi connectivity index (χ3n) is 3.82. The highest BCUT2D eigenvalue weighted by Gasteiger charge is 2.18. The summed E-state index contributed by atoms with van der Waals surface area (Å²) in [5.74, 6) is 2.26. The fourth-order valence-corrected chi connectivity index (χ4v) is 3.38. The van der Waals surface area contributed by atoms with Crippen LogP contribution in [-0.2, 0) is 6.42 Å². The zero-order chi connectivity index (χ0) is 13.7. The van der Waals surface area contributed by atoms with Crippen molar-refractivity contribution in [2.75, 3.05) is 18.6 Å². The van der Waals surface area contributed by atoms with Crippen LogP contribution in [0, 0.1) is 0 Å². The minimum absolute atomic E-state index is 0.461. The maximum atomic E-state index is 5.58. The summed E-state index contributed by atoms with van der Waals surface area (Å²) in [5, 5.41) is 3.80. The van der Waals surface area contributed by atoms with Gasteiger partial charge in [0.25, 0.3) is 0 Å². The standard InChI is InChI=1S/C16H25NOS/c1-4-14(11-19-3)17-15(5-2)12-6-7-16-13(10-12)8-9-18-16/h6-7,10,14-15,17H,4-5,8-9,11H2,1-3H3. The van der Waals surface area contributed by atoms with E-state index in [-0.39, 0.29) is 0 Å². The predicted octanol–water partition coefficient (Wildman–Crippen LogP) is 3.80. The molecule has 1 aliphatic heterocycles. The van der Waals surface area contributed by atoms with Gasteiger partial charge in [0.1, 0.15) is 5.75 Å². The quantitative estimate of drug-likeness (QED) is 0.820. The molecule has 2 unspecified atom stereocenters. The van der Waals surface area contributed by atoms with Gasteiger partial charge in [-0.1, -0.05) is 26.0 Å². The molecule has 0 saturated carbocycles. The molecule has 1 aliphatic rings. The van der Waals surface area contributed by atoms with E-state index in [1.165, 1.54) is 23.3 Å². The van der Waals surface area contributed by atoms with E-state index < -0.39 is 0 Å². The Kier molecular flexibility index (Phi) is 5.59. The SMILES string of the molecule is CCC(CSC)NC(CC)c1ccc2c(c1)CCO2. The van der Waals surface area contributed by atoms with Gasteiger partial charge < -0.3 is 10.1 Å². The summed E-state index contributed by atoms with van der Waals surface area (Å²) in [6.45, 7) is 5.36.